The van der Waals surface area contributed by atoms with Crippen molar-refractivity contribution in [2.45, 2.75) is 25.5 Å². The molecule has 24 heavy (non-hydrogen) atoms. The second kappa shape index (κ2) is 6.08. The summed E-state index contributed by atoms with van der Waals surface area (Å²) in [5.41, 5.74) is 0.557. The van der Waals surface area contributed by atoms with Crippen LogP contribution in [0.4, 0.5) is 5.69 Å². The van der Waals surface area contributed by atoms with E-state index in [-0.39, 0.29) is 35.9 Å². The standard InChI is InChI=1S/C16H20N2O5S/c1-11-16(20)18(13-5-3-4-6-14(13)23-11)9-15(19)17(2)12-7-8-24(21,22)10-12/h3-6,11-12H,7-10H2,1-2H3/t11-,12+/m1/s1. The van der Waals surface area contributed by atoms with Crippen LogP contribution in [-0.4, -0.2) is 62.4 Å². The van der Waals surface area contributed by atoms with Gasteiger partial charge in [0, 0.05) is 13.1 Å². The van der Waals surface area contributed by atoms with Gasteiger partial charge in [-0.15, -0.1) is 0 Å². The Morgan fingerprint density at radius 1 is 1.38 bits per heavy atom. The molecule has 2 aliphatic rings. The first-order chi connectivity index (χ1) is 11.3. The van der Waals surface area contributed by atoms with Gasteiger partial charge in [0.25, 0.3) is 5.91 Å². The molecule has 0 bridgehead atoms. The number of carbonyl (C=O) groups excluding carboxylic acids is 2. The van der Waals surface area contributed by atoms with Crippen molar-refractivity contribution in [2.75, 3.05) is 30.0 Å². The van der Waals surface area contributed by atoms with Crippen LogP contribution in [0.1, 0.15) is 13.3 Å². The van der Waals surface area contributed by atoms with Gasteiger partial charge < -0.3 is 9.64 Å². The van der Waals surface area contributed by atoms with Crippen LogP contribution in [0.15, 0.2) is 24.3 Å². The molecular weight excluding hydrogens is 332 g/mol. The van der Waals surface area contributed by atoms with E-state index in [1.165, 1.54) is 9.80 Å². The molecule has 0 spiro atoms. The van der Waals surface area contributed by atoms with E-state index >= 15 is 0 Å². The summed E-state index contributed by atoms with van der Waals surface area (Å²) in [6, 6.07) is 6.73. The summed E-state index contributed by atoms with van der Waals surface area (Å²) in [6.45, 7) is 1.51. The lowest BCUT2D eigenvalue weighted by molar-refractivity contribution is -0.133. The minimum Gasteiger partial charge on any atom is -0.479 e. The number of carbonyl (C=O) groups is 2. The molecule has 1 aromatic carbocycles. The summed E-state index contributed by atoms with van der Waals surface area (Å²) >= 11 is 0. The average molecular weight is 352 g/mol. The highest BCUT2D eigenvalue weighted by Crippen LogP contribution is 2.33. The van der Waals surface area contributed by atoms with Gasteiger partial charge in [0.15, 0.2) is 15.9 Å². The number of benzene rings is 1. The summed E-state index contributed by atoms with van der Waals surface area (Å²) in [5.74, 6) is 0.0811. The fourth-order valence-corrected chi connectivity index (χ4v) is 4.83. The van der Waals surface area contributed by atoms with Crippen LogP contribution >= 0.6 is 0 Å². The zero-order valence-electron chi connectivity index (χ0n) is 13.6. The first-order valence-electron chi connectivity index (χ1n) is 7.81. The Labute approximate surface area is 141 Å². The van der Waals surface area contributed by atoms with E-state index < -0.39 is 15.9 Å². The lowest BCUT2D eigenvalue weighted by atomic mass is 10.1. The van der Waals surface area contributed by atoms with Crippen molar-refractivity contribution in [1.29, 1.82) is 0 Å². The number of sulfone groups is 1. The van der Waals surface area contributed by atoms with E-state index in [9.17, 15) is 18.0 Å². The maximum atomic E-state index is 12.6. The molecule has 0 N–H and O–H groups in total. The Kier molecular flexibility index (Phi) is 4.25. The largest absolute Gasteiger partial charge is 0.479 e. The number of amides is 2. The van der Waals surface area contributed by atoms with Crippen LogP contribution in [0.5, 0.6) is 5.75 Å². The molecule has 2 amide bonds. The zero-order valence-corrected chi connectivity index (χ0v) is 14.5. The molecule has 2 atom stereocenters. The minimum absolute atomic E-state index is 0.0146. The maximum absolute atomic E-state index is 12.6. The topological polar surface area (TPSA) is 84.0 Å². The minimum atomic E-state index is -3.07. The number of para-hydroxylation sites is 2. The molecular formula is C16H20N2O5S. The SMILES string of the molecule is C[C@H]1Oc2ccccc2N(CC(=O)N(C)[C@H]2CCS(=O)(=O)C2)C1=O. The van der Waals surface area contributed by atoms with Crippen molar-refractivity contribution in [2.24, 2.45) is 0 Å². The predicted octanol–water partition coefficient (Wildman–Crippen LogP) is 0.446. The number of hydrogen-bond acceptors (Lipinski definition) is 5. The summed E-state index contributed by atoms with van der Waals surface area (Å²) < 4.78 is 28.7. The molecule has 1 saturated heterocycles. The Bertz CT molecular complexity index is 776. The highest BCUT2D eigenvalue weighted by Gasteiger charge is 2.36. The third-order valence-corrected chi connectivity index (χ3v) is 6.27. The van der Waals surface area contributed by atoms with Crippen molar-refractivity contribution in [3.05, 3.63) is 24.3 Å². The molecule has 130 valence electrons. The van der Waals surface area contributed by atoms with E-state index in [0.29, 0.717) is 17.9 Å². The lowest BCUT2D eigenvalue weighted by Crippen LogP contribution is -2.50. The molecule has 0 unspecified atom stereocenters. The summed E-state index contributed by atoms with van der Waals surface area (Å²) in [7, 11) is -1.48. The predicted molar refractivity (Wildman–Crippen MR) is 88.7 cm³/mol. The van der Waals surface area contributed by atoms with Gasteiger partial charge in [-0.25, -0.2) is 8.42 Å². The van der Waals surface area contributed by atoms with E-state index in [4.69, 9.17) is 4.74 Å². The molecule has 1 fully saturated rings. The smallest absolute Gasteiger partial charge is 0.268 e. The quantitative estimate of drug-likeness (QED) is 0.788. The van der Waals surface area contributed by atoms with E-state index in [0.717, 1.165) is 0 Å². The molecule has 0 aromatic heterocycles. The Morgan fingerprint density at radius 3 is 2.75 bits per heavy atom. The summed E-state index contributed by atoms with van der Waals surface area (Å²) in [4.78, 5) is 27.8. The second-order valence-electron chi connectivity index (χ2n) is 6.21. The number of likely N-dealkylation sites (N-methyl/N-ethyl adjacent to an activating group) is 1. The number of anilines is 1. The monoisotopic (exact) mass is 352 g/mol. The third-order valence-electron chi connectivity index (χ3n) is 4.52. The second-order valence-corrected chi connectivity index (χ2v) is 8.44. The fourth-order valence-electron chi connectivity index (χ4n) is 3.05. The van der Waals surface area contributed by atoms with E-state index in [1.54, 1.807) is 38.2 Å². The molecule has 0 saturated carbocycles. The number of rotatable bonds is 3. The lowest BCUT2D eigenvalue weighted by Gasteiger charge is -2.34. The zero-order chi connectivity index (χ0) is 17.5. The van der Waals surface area contributed by atoms with Gasteiger partial charge in [-0.2, -0.15) is 0 Å². The van der Waals surface area contributed by atoms with Crippen LogP contribution in [0.2, 0.25) is 0 Å². The Morgan fingerprint density at radius 2 is 2.08 bits per heavy atom. The first kappa shape index (κ1) is 16.8. The van der Waals surface area contributed by atoms with Gasteiger partial charge in [0.1, 0.15) is 12.3 Å². The van der Waals surface area contributed by atoms with Gasteiger partial charge in [-0.05, 0) is 25.5 Å². The van der Waals surface area contributed by atoms with Gasteiger partial charge in [-0.1, -0.05) is 12.1 Å². The van der Waals surface area contributed by atoms with Crippen LogP contribution < -0.4 is 9.64 Å². The molecule has 0 radical (unpaired) electrons. The average Bonchev–Trinajstić information content (AvgIpc) is 2.90. The molecule has 1 aromatic rings. The number of ether oxygens (including phenoxy) is 1. The van der Waals surface area contributed by atoms with Crippen molar-refractivity contribution in [3.8, 4) is 5.75 Å². The molecule has 8 heteroatoms. The van der Waals surface area contributed by atoms with E-state index in [1.807, 2.05) is 0 Å². The summed E-state index contributed by atoms with van der Waals surface area (Å²) in [6.07, 6.45) is -0.223. The Hall–Kier alpha value is -2.09. The van der Waals surface area contributed by atoms with Crippen LogP contribution in [0.3, 0.4) is 0 Å². The molecule has 0 aliphatic carbocycles. The highest BCUT2D eigenvalue weighted by atomic mass is 32.2. The van der Waals surface area contributed by atoms with Gasteiger partial charge in [-0.3, -0.25) is 14.5 Å². The number of nitrogens with zero attached hydrogens (tertiary/aromatic N) is 2. The Balaban J connectivity index is 1.77. The first-order valence-corrected chi connectivity index (χ1v) is 9.64. The fraction of sp³-hybridized carbons (Fsp3) is 0.500. The number of hydrogen-bond donors (Lipinski definition) is 0. The van der Waals surface area contributed by atoms with E-state index in [2.05, 4.69) is 0 Å². The van der Waals surface area contributed by atoms with Crippen molar-refractivity contribution in [3.63, 3.8) is 0 Å². The van der Waals surface area contributed by atoms with Crippen molar-refractivity contribution in [1.82, 2.24) is 4.90 Å². The van der Waals surface area contributed by atoms with Crippen molar-refractivity contribution < 1.29 is 22.7 Å². The highest BCUT2D eigenvalue weighted by molar-refractivity contribution is 7.91. The number of fused-ring (bicyclic) bond motifs is 1. The molecule has 7 nitrogen and oxygen atoms in total. The van der Waals surface area contributed by atoms with Crippen LogP contribution in [0, 0.1) is 0 Å². The van der Waals surface area contributed by atoms with Gasteiger partial charge in [0.2, 0.25) is 5.91 Å². The normalized spacial score (nSPS) is 25.1. The molecule has 2 aliphatic heterocycles. The molecule has 3 rings (SSSR count). The van der Waals surface area contributed by atoms with Crippen LogP contribution in [-0.2, 0) is 19.4 Å². The van der Waals surface area contributed by atoms with Crippen molar-refractivity contribution >= 4 is 27.3 Å². The summed E-state index contributed by atoms with van der Waals surface area (Å²) in [5, 5.41) is 0. The maximum Gasteiger partial charge on any atom is 0.268 e. The third kappa shape index (κ3) is 3.10. The van der Waals surface area contributed by atoms with Gasteiger partial charge in [0.05, 0.1) is 17.2 Å². The van der Waals surface area contributed by atoms with Gasteiger partial charge >= 0.3 is 0 Å². The molecule has 2 heterocycles. The van der Waals surface area contributed by atoms with Crippen LogP contribution in [0.25, 0.3) is 0 Å².